The minimum Gasteiger partial charge on any atom is -0.348 e. The van der Waals surface area contributed by atoms with Crippen molar-refractivity contribution in [2.75, 3.05) is 11.0 Å². The minimum atomic E-state index is -3.42. The van der Waals surface area contributed by atoms with Crippen molar-refractivity contribution >= 4 is 21.6 Å². The molecule has 3 aromatic rings. The quantitative estimate of drug-likeness (QED) is 0.640. The van der Waals surface area contributed by atoms with Gasteiger partial charge in [-0.15, -0.1) is 0 Å². The second-order valence-electron chi connectivity index (χ2n) is 6.59. The molecule has 0 atom stereocenters. The van der Waals surface area contributed by atoms with E-state index in [2.05, 4.69) is 15.0 Å². The molecule has 0 radical (unpaired) electrons. The van der Waals surface area contributed by atoms with Crippen LogP contribution in [0.15, 0.2) is 61.2 Å². The van der Waals surface area contributed by atoms with E-state index in [-0.39, 0.29) is 5.91 Å². The number of aromatic nitrogens is 2. The summed E-state index contributed by atoms with van der Waals surface area (Å²) in [6, 6.07) is 12.8. The molecule has 0 aliphatic rings. The fourth-order valence-corrected chi connectivity index (χ4v) is 3.43. The van der Waals surface area contributed by atoms with Gasteiger partial charge in [-0.25, -0.2) is 13.4 Å². The summed E-state index contributed by atoms with van der Waals surface area (Å²) in [5.74, 6) is -0.269. The number of anilines is 1. The Morgan fingerprint density at radius 2 is 1.89 bits per heavy atom. The van der Waals surface area contributed by atoms with Crippen LogP contribution < -0.4 is 10.0 Å². The first kappa shape index (κ1) is 19.6. The van der Waals surface area contributed by atoms with Gasteiger partial charge in [-0.3, -0.25) is 9.52 Å². The van der Waals surface area contributed by atoms with Crippen molar-refractivity contribution in [2.24, 2.45) is 0 Å². The lowest BCUT2D eigenvalue weighted by Crippen LogP contribution is -2.24. The Bertz CT molecular complexity index is 1080. The molecule has 0 aliphatic carbocycles. The number of imidazole rings is 1. The van der Waals surface area contributed by atoms with Gasteiger partial charge in [-0.2, -0.15) is 0 Å². The third-order valence-corrected chi connectivity index (χ3v) is 4.86. The summed E-state index contributed by atoms with van der Waals surface area (Å²) >= 11 is 0. The lowest BCUT2D eigenvalue weighted by Gasteiger charge is -2.13. The van der Waals surface area contributed by atoms with Gasteiger partial charge in [0.2, 0.25) is 10.0 Å². The van der Waals surface area contributed by atoms with Crippen LogP contribution in [0.5, 0.6) is 0 Å². The number of benzene rings is 2. The number of hydrogen-bond acceptors (Lipinski definition) is 4. The van der Waals surface area contributed by atoms with Gasteiger partial charge in [0, 0.05) is 31.0 Å². The van der Waals surface area contributed by atoms with E-state index < -0.39 is 10.0 Å². The molecule has 3 rings (SSSR count). The van der Waals surface area contributed by atoms with Crippen LogP contribution >= 0.6 is 0 Å². The van der Waals surface area contributed by atoms with Gasteiger partial charge in [-0.1, -0.05) is 30.3 Å². The molecule has 0 bridgehead atoms. The number of hydrogen-bond donors (Lipinski definition) is 2. The van der Waals surface area contributed by atoms with Gasteiger partial charge in [0.25, 0.3) is 5.91 Å². The number of carbonyl (C=O) groups is 1. The summed E-state index contributed by atoms with van der Waals surface area (Å²) in [4.78, 5) is 16.6. The first-order chi connectivity index (χ1) is 13.3. The number of aryl methyl sites for hydroxylation is 1. The molecule has 28 heavy (non-hydrogen) atoms. The van der Waals surface area contributed by atoms with E-state index >= 15 is 0 Å². The van der Waals surface area contributed by atoms with Crippen LogP contribution in [0.2, 0.25) is 0 Å². The molecular formula is C20H22N4O3S. The van der Waals surface area contributed by atoms with E-state index in [0.717, 1.165) is 22.9 Å². The standard InChI is InChI=1S/C20H22N4O3S/c1-15-7-8-16(11-19(15)23-28(2,26)27)20(25)22-12-17-5-3-4-6-18(17)13-24-10-9-21-14-24/h3-11,14,23H,12-13H2,1-2H3,(H,22,25). The fraction of sp³-hybridized carbons (Fsp3) is 0.200. The minimum absolute atomic E-state index is 0.269. The lowest BCUT2D eigenvalue weighted by atomic mass is 10.1. The highest BCUT2D eigenvalue weighted by Gasteiger charge is 2.11. The lowest BCUT2D eigenvalue weighted by molar-refractivity contribution is 0.0951. The number of nitrogens with one attached hydrogen (secondary N) is 2. The zero-order chi connectivity index (χ0) is 20.1. The van der Waals surface area contributed by atoms with E-state index in [0.29, 0.717) is 24.3 Å². The zero-order valence-corrected chi connectivity index (χ0v) is 16.5. The molecule has 0 spiro atoms. The predicted molar refractivity (Wildman–Crippen MR) is 109 cm³/mol. The largest absolute Gasteiger partial charge is 0.348 e. The van der Waals surface area contributed by atoms with E-state index in [9.17, 15) is 13.2 Å². The van der Waals surface area contributed by atoms with Crippen molar-refractivity contribution in [3.8, 4) is 0 Å². The summed E-state index contributed by atoms with van der Waals surface area (Å²) in [5.41, 5.74) is 3.63. The van der Waals surface area contributed by atoms with E-state index in [1.54, 1.807) is 37.6 Å². The highest BCUT2D eigenvalue weighted by Crippen LogP contribution is 2.18. The van der Waals surface area contributed by atoms with Gasteiger partial charge < -0.3 is 9.88 Å². The maximum absolute atomic E-state index is 12.6. The van der Waals surface area contributed by atoms with Crippen LogP contribution in [0.1, 0.15) is 27.0 Å². The van der Waals surface area contributed by atoms with Gasteiger partial charge in [0.15, 0.2) is 0 Å². The predicted octanol–water partition coefficient (Wildman–Crippen LogP) is 2.54. The molecule has 0 fully saturated rings. The zero-order valence-electron chi connectivity index (χ0n) is 15.7. The summed E-state index contributed by atoms with van der Waals surface area (Å²) < 4.78 is 27.4. The first-order valence-corrected chi connectivity index (χ1v) is 10.6. The Balaban J connectivity index is 1.72. The van der Waals surface area contributed by atoms with Crippen LogP contribution in [-0.2, 0) is 23.1 Å². The maximum atomic E-state index is 12.6. The number of amides is 1. The molecule has 1 amide bonds. The molecule has 146 valence electrons. The second-order valence-corrected chi connectivity index (χ2v) is 8.34. The van der Waals surface area contributed by atoms with Crippen molar-refractivity contribution in [2.45, 2.75) is 20.0 Å². The third kappa shape index (κ3) is 5.20. The molecule has 7 nitrogen and oxygen atoms in total. The van der Waals surface area contributed by atoms with Crippen LogP contribution in [0.25, 0.3) is 0 Å². The Kier molecular flexibility index (Phi) is 5.79. The first-order valence-electron chi connectivity index (χ1n) is 8.71. The Morgan fingerprint density at radius 3 is 2.57 bits per heavy atom. The monoisotopic (exact) mass is 398 g/mol. The summed E-state index contributed by atoms with van der Waals surface area (Å²) in [6.07, 6.45) is 6.44. The molecule has 1 aromatic heterocycles. The SMILES string of the molecule is Cc1ccc(C(=O)NCc2ccccc2Cn2ccnc2)cc1NS(C)(=O)=O. The molecule has 2 aromatic carbocycles. The average Bonchev–Trinajstić information content (AvgIpc) is 3.14. The highest BCUT2D eigenvalue weighted by atomic mass is 32.2. The van der Waals surface area contributed by atoms with Crippen molar-refractivity contribution in [1.29, 1.82) is 0 Å². The Hall–Kier alpha value is -3.13. The van der Waals surface area contributed by atoms with Gasteiger partial charge in [0.05, 0.1) is 18.3 Å². The van der Waals surface area contributed by atoms with Crippen LogP contribution in [-0.4, -0.2) is 30.1 Å². The normalized spacial score (nSPS) is 11.2. The molecular weight excluding hydrogens is 376 g/mol. The maximum Gasteiger partial charge on any atom is 0.251 e. The van der Waals surface area contributed by atoms with Crippen LogP contribution in [0.4, 0.5) is 5.69 Å². The van der Waals surface area contributed by atoms with E-state index in [1.165, 1.54) is 0 Å². The number of sulfonamides is 1. The molecule has 0 saturated heterocycles. The van der Waals surface area contributed by atoms with Crippen LogP contribution in [0, 0.1) is 6.92 Å². The Labute approximate surface area is 164 Å². The summed E-state index contributed by atoms with van der Waals surface area (Å²) in [6.45, 7) is 2.81. The summed E-state index contributed by atoms with van der Waals surface area (Å²) in [5, 5.41) is 2.90. The molecule has 0 aliphatic heterocycles. The van der Waals surface area contributed by atoms with Gasteiger partial charge in [0.1, 0.15) is 0 Å². The topological polar surface area (TPSA) is 93.1 Å². The molecule has 8 heteroatoms. The number of rotatable bonds is 7. The number of nitrogens with zero attached hydrogens (tertiary/aromatic N) is 2. The molecule has 0 saturated carbocycles. The smallest absolute Gasteiger partial charge is 0.251 e. The second kappa shape index (κ2) is 8.26. The number of carbonyl (C=O) groups excluding carboxylic acids is 1. The van der Waals surface area contributed by atoms with Crippen molar-refractivity contribution in [1.82, 2.24) is 14.9 Å². The van der Waals surface area contributed by atoms with Gasteiger partial charge in [-0.05, 0) is 35.7 Å². The summed E-state index contributed by atoms with van der Waals surface area (Å²) in [7, 11) is -3.42. The molecule has 2 N–H and O–H groups in total. The van der Waals surface area contributed by atoms with Gasteiger partial charge >= 0.3 is 0 Å². The fourth-order valence-electron chi connectivity index (χ4n) is 2.81. The van der Waals surface area contributed by atoms with E-state index in [4.69, 9.17) is 0 Å². The van der Waals surface area contributed by atoms with E-state index in [1.807, 2.05) is 35.0 Å². The highest BCUT2D eigenvalue weighted by molar-refractivity contribution is 7.92. The third-order valence-electron chi connectivity index (χ3n) is 4.27. The Morgan fingerprint density at radius 1 is 1.14 bits per heavy atom. The molecule has 1 heterocycles. The van der Waals surface area contributed by atoms with Crippen molar-refractivity contribution in [3.05, 3.63) is 83.4 Å². The molecule has 0 unspecified atom stereocenters. The van der Waals surface area contributed by atoms with Crippen molar-refractivity contribution < 1.29 is 13.2 Å². The van der Waals surface area contributed by atoms with Crippen molar-refractivity contribution in [3.63, 3.8) is 0 Å². The van der Waals surface area contributed by atoms with Crippen LogP contribution in [0.3, 0.4) is 0 Å². The average molecular weight is 398 g/mol.